The minimum Gasteiger partial charge on any atom is -0.324 e. The number of nitrogens with two attached hydrogens (primary N) is 1. The number of carbonyl (C=O) groups excluding carboxylic acids is 1. The molecule has 1 aromatic heterocycles. The van der Waals surface area contributed by atoms with Crippen LogP contribution < -0.4 is 11.1 Å². The highest BCUT2D eigenvalue weighted by Gasteiger charge is 2.21. The number of hydrogen-bond donors (Lipinski definition) is 2. The van der Waals surface area contributed by atoms with Gasteiger partial charge in [-0.25, -0.2) is 0 Å². The van der Waals surface area contributed by atoms with Crippen molar-refractivity contribution in [3.05, 3.63) is 15.8 Å². The molecule has 4 heteroatoms. The molecule has 13 heavy (non-hydrogen) atoms. The molecule has 0 radical (unpaired) electrons. The topological polar surface area (TPSA) is 55.1 Å². The van der Waals surface area contributed by atoms with Gasteiger partial charge in [0, 0.05) is 9.75 Å². The standard InChI is InChI=1S/C9H12N2OS/c1-5-4-7-8(13-5)3-2-6(10)9(12)11-7/h4,6H,2-3,10H2,1H3,(H,11,12). The zero-order valence-electron chi connectivity index (χ0n) is 7.46. The van der Waals surface area contributed by atoms with E-state index in [1.807, 2.05) is 13.0 Å². The summed E-state index contributed by atoms with van der Waals surface area (Å²) in [5.74, 6) is -0.0587. The maximum absolute atomic E-state index is 11.4. The Balaban J connectivity index is 2.33. The highest BCUT2D eigenvalue weighted by atomic mass is 32.1. The molecule has 1 aromatic rings. The maximum Gasteiger partial charge on any atom is 0.241 e. The van der Waals surface area contributed by atoms with Gasteiger partial charge in [0.15, 0.2) is 0 Å². The number of thiophene rings is 1. The minimum atomic E-state index is -0.347. The predicted octanol–water partition coefficient (Wildman–Crippen LogP) is 1.27. The lowest BCUT2D eigenvalue weighted by Crippen LogP contribution is -2.34. The average Bonchev–Trinajstić information content (AvgIpc) is 2.36. The van der Waals surface area contributed by atoms with E-state index in [1.54, 1.807) is 11.3 Å². The molecule has 1 aliphatic rings. The second-order valence-corrected chi connectivity index (χ2v) is 4.67. The Morgan fingerprint density at radius 3 is 3.23 bits per heavy atom. The van der Waals surface area contributed by atoms with Crippen molar-refractivity contribution in [1.82, 2.24) is 0 Å². The monoisotopic (exact) mass is 196 g/mol. The van der Waals surface area contributed by atoms with Crippen LogP contribution in [0.2, 0.25) is 0 Å². The summed E-state index contributed by atoms with van der Waals surface area (Å²) >= 11 is 1.74. The maximum atomic E-state index is 11.4. The van der Waals surface area contributed by atoms with Gasteiger partial charge in [-0.1, -0.05) is 0 Å². The summed E-state index contributed by atoms with van der Waals surface area (Å²) in [6, 6.07) is 1.66. The van der Waals surface area contributed by atoms with Crippen molar-refractivity contribution in [2.24, 2.45) is 5.73 Å². The molecule has 0 aliphatic carbocycles. The van der Waals surface area contributed by atoms with Crippen LogP contribution in [0.4, 0.5) is 5.69 Å². The molecular weight excluding hydrogens is 184 g/mol. The third-order valence-electron chi connectivity index (χ3n) is 2.21. The lowest BCUT2D eigenvalue weighted by Gasteiger charge is -2.05. The molecule has 3 nitrogen and oxygen atoms in total. The van der Waals surface area contributed by atoms with Crippen LogP contribution >= 0.6 is 11.3 Å². The van der Waals surface area contributed by atoms with Crippen molar-refractivity contribution in [1.29, 1.82) is 0 Å². The zero-order valence-corrected chi connectivity index (χ0v) is 8.28. The first-order valence-electron chi connectivity index (χ1n) is 4.32. The van der Waals surface area contributed by atoms with Crippen molar-refractivity contribution < 1.29 is 4.79 Å². The molecule has 0 spiro atoms. The molecule has 0 saturated heterocycles. The predicted molar refractivity (Wildman–Crippen MR) is 54.0 cm³/mol. The fourth-order valence-electron chi connectivity index (χ4n) is 1.50. The van der Waals surface area contributed by atoms with Crippen molar-refractivity contribution in [2.45, 2.75) is 25.8 Å². The Morgan fingerprint density at radius 1 is 1.69 bits per heavy atom. The summed E-state index contributed by atoms with van der Waals surface area (Å²) in [5.41, 5.74) is 6.61. The van der Waals surface area contributed by atoms with E-state index in [0.717, 1.165) is 18.5 Å². The first-order chi connectivity index (χ1) is 6.16. The van der Waals surface area contributed by atoms with Gasteiger partial charge < -0.3 is 11.1 Å². The van der Waals surface area contributed by atoms with Gasteiger partial charge >= 0.3 is 0 Å². The van der Waals surface area contributed by atoms with E-state index < -0.39 is 0 Å². The lowest BCUT2D eigenvalue weighted by atomic mass is 10.1. The van der Waals surface area contributed by atoms with Gasteiger partial charge in [-0.15, -0.1) is 11.3 Å². The Bertz CT molecular complexity index is 345. The minimum absolute atomic E-state index is 0.0587. The third-order valence-corrected chi connectivity index (χ3v) is 3.32. The quantitative estimate of drug-likeness (QED) is 0.656. The van der Waals surface area contributed by atoms with E-state index in [1.165, 1.54) is 9.75 Å². The van der Waals surface area contributed by atoms with Crippen LogP contribution in [-0.2, 0) is 11.2 Å². The molecule has 2 heterocycles. The van der Waals surface area contributed by atoms with Crippen molar-refractivity contribution in [2.75, 3.05) is 5.32 Å². The highest BCUT2D eigenvalue weighted by molar-refractivity contribution is 7.12. The molecule has 2 rings (SSSR count). The first-order valence-corrected chi connectivity index (χ1v) is 5.14. The normalized spacial score (nSPS) is 22.0. The van der Waals surface area contributed by atoms with E-state index >= 15 is 0 Å². The number of hydrogen-bond acceptors (Lipinski definition) is 3. The van der Waals surface area contributed by atoms with Crippen LogP contribution in [0.25, 0.3) is 0 Å². The van der Waals surface area contributed by atoms with Crippen molar-refractivity contribution >= 4 is 22.9 Å². The first kappa shape index (κ1) is 8.72. The summed E-state index contributed by atoms with van der Waals surface area (Å²) in [7, 11) is 0. The zero-order chi connectivity index (χ0) is 9.42. The van der Waals surface area contributed by atoms with E-state index in [4.69, 9.17) is 5.73 Å². The summed E-state index contributed by atoms with van der Waals surface area (Å²) < 4.78 is 0. The fourth-order valence-corrected chi connectivity index (χ4v) is 2.50. The molecule has 1 amide bonds. The summed E-state index contributed by atoms with van der Waals surface area (Å²) in [4.78, 5) is 13.8. The Hall–Kier alpha value is -0.870. The van der Waals surface area contributed by atoms with E-state index in [0.29, 0.717) is 0 Å². The molecule has 1 atom stereocenters. The van der Waals surface area contributed by atoms with E-state index in [2.05, 4.69) is 5.32 Å². The molecule has 0 fully saturated rings. The van der Waals surface area contributed by atoms with Crippen LogP contribution in [-0.4, -0.2) is 11.9 Å². The van der Waals surface area contributed by atoms with Crippen LogP contribution in [0, 0.1) is 6.92 Å². The summed E-state index contributed by atoms with van der Waals surface area (Å²) in [6.45, 7) is 2.05. The third kappa shape index (κ3) is 1.59. The number of anilines is 1. The Kier molecular flexibility index (Phi) is 2.09. The Morgan fingerprint density at radius 2 is 2.46 bits per heavy atom. The molecule has 0 saturated carbocycles. The number of nitrogens with one attached hydrogen (secondary N) is 1. The number of fused-ring (bicyclic) bond motifs is 1. The number of rotatable bonds is 0. The second-order valence-electron chi connectivity index (χ2n) is 3.33. The van der Waals surface area contributed by atoms with E-state index in [9.17, 15) is 4.79 Å². The van der Waals surface area contributed by atoms with Crippen molar-refractivity contribution in [3.63, 3.8) is 0 Å². The van der Waals surface area contributed by atoms with Gasteiger partial charge in [0.2, 0.25) is 5.91 Å². The average molecular weight is 196 g/mol. The molecule has 3 N–H and O–H groups in total. The molecule has 1 unspecified atom stereocenters. The molecule has 0 bridgehead atoms. The fraction of sp³-hybridized carbons (Fsp3) is 0.444. The van der Waals surface area contributed by atoms with Crippen LogP contribution in [0.3, 0.4) is 0 Å². The van der Waals surface area contributed by atoms with Crippen LogP contribution in [0.5, 0.6) is 0 Å². The summed E-state index contributed by atoms with van der Waals surface area (Å²) in [6.07, 6.45) is 1.66. The van der Waals surface area contributed by atoms with E-state index in [-0.39, 0.29) is 11.9 Å². The molecule has 70 valence electrons. The highest BCUT2D eigenvalue weighted by Crippen LogP contribution is 2.30. The van der Waals surface area contributed by atoms with Crippen LogP contribution in [0.15, 0.2) is 6.07 Å². The lowest BCUT2D eigenvalue weighted by molar-refractivity contribution is -0.117. The number of aryl methyl sites for hydroxylation is 2. The van der Waals surface area contributed by atoms with Gasteiger partial charge in [-0.3, -0.25) is 4.79 Å². The smallest absolute Gasteiger partial charge is 0.241 e. The van der Waals surface area contributed by atoms with Crippen LogP contribution in [0.1, 0.15) is 16.2 Å². The van der Waals surface area contributed by atoms with Gasteiger partial charge in [0.1, 0.15) is 0 Å². The van der Waals surface area contributed by atoms with Gasteiger partial charge in [-0.05, 0) is 25.8 Å². The second kappa shape index (κ2) is 3.12. The largest absolute Gasteiger partial charge is 0.324 e. The molecule has 0 aromatic carbocycles. The summed E-state index contributed by atoms with van der Waals surface area (Å²) in [5, 5.41) is 2.84. The molecular formula is C9H12N2OS. The number of amides is 1. The SMILES string of the molecule is Cc1cc2c(s1)CCC(N)C(=O)N2. The number of carbonyl (C=O) groups is 1. The molecule has 1 aliphatic heterocycles. The van der Waals surface area contributed by atoms with Gasteiger partial charge in [0.25, 0.3) is 0 Å². The van der Waals surface area contributed by atoms with Crippen molar-refractivity contribution in [3.8, 4) is 0 Å². The van der Waals surface area contributed by atoms with Gasteiger partial charge in [-0.2, -0.15) is 0 Å². The van der Waals surface area contributed by atoms with Gasteiger partial charge in [0.05, 0.1) is 11.7 Å². The Labute approximate surface area is 80.9 Å².